The molecule has 0 bridgehead atoms. The lowest BCUT2D eigenvalue weighted by atomic mass is 9.96. The van der Waals surface area contributed by atoms with Crippen LogP contribution < -0.4 is 0 Å². The van der Waals surface area contributed by atoms with Gasteiger partial charge in [0.25, 0.3) is 0 Å². The van der Waals surface area contributed by atoms with E-state index in [0.717, 1.165) is 12.8 Å². The zero-order valence-corrected chi connectivity index (χ0v) is 7.05. The predicted octanol–water partition coefficient (Wildman–Crippen LogP) is 1.20. The minimum absolute atomic E-state index is 0.473. The molecule has 0 spiro atoms. The fourth-order valence-electron chi connectivity index (χ4n) is 2.45. The number of rotatable bonds is 0. The van der Waals surface area contributed by atoms with Crippen LogP contribution in [-0.2, 0) is 4.79 Å². The molecule has 0 unspecified atom stereocenters. The van der Waals surface area contributed by atoms with Gasteiger partial charge in [0, 0.05) is 24.9 Å². The van der Waals surface area contributed by atoms with Gasteiger partial charge in [-0.25, -0.2) is 0 Å². The number of piperidine rings is 1. The fourth-order valence-corrected chi connectivity index (χ4v) is 2.45. The highest BCUT2D eigenvalue weighted by atomic mass is 16.1. The van der Waals surface area contributed by atoms with Crippen molar-refractivity contribution in [2.75, 3.05) is 6.54 Å². The summed E-state index contributed by atoms with van der Waals surface area (Å²) in [5.74, 6) is 0.473. The minimum Gasteiger partial charge on any atom is -0.300 e. The number of fused-ring (bicyclic) bond motifs is 1. The van der Waals surface area contributed by atoms with Crippen molar-refractivity contribution in [1.29, 1.82) is 0 Å². The number of nitrogens with zero attached hydrogens (tertiary/aromatic N) is 1. The Morgan fingerprint density at radius 3 is 3.09 bits per heavy atom. The normalized spacial score (nSPS) is 39.2. The van der Waals surface area contributed by atoms with Crippen LogP contribution in [-0.4, -0.2) is 29.3 Å². The molecule has 0 radical (unpaired) electrons. The highest BCUT2D eigenvalue weighted by Gasteiger charge is 2.34. The van der Waals surface area contributed by atoms with E-state index in [1.165, 1.54) is 19.4 Å². The van der Waals surface area contributed by atoms with E-state index < -0.39 is 0 Å². The molecular weight excluding hydrogens is 138 g/mol. The zero-order valence-electron chi connectivity index (χ0n) is 7.05. The van der Waals surface area contributed by atoms with Crippen LogP contribution in [0, 0.1) is 0 Å². The van der Waals surface area contributed by atoms with Gasteiger partial charge in [0.1, 0.15) is 5.78 Å². The summed E-state index contributed by atoms with van der Waals surface area (Å²) in [6, 6.07) is 1.12. The van der Waals surface area contributed by atoms with Gasteiger partial charge in [-0.3, -0.25) is 9.69 Å². The Hall–Kier alpha value is -0.370. The Bertz CT molecular complexity index is 178. The minimum atomic E-state index is 0.473. The first-order valence-electron chi connectivity index (χ1n) is 4.55. The molecule has 2 heteroatoms. The number of Topliss-reactive ketones (excluding diaryl/α,β-unsaturated/α-hetero) is 1. The van der Waals surface area contributed by atoms with Gasteiger partial charge in [-0.1, -0.05) is 0 Å². The largest absolute Gasteiger partial charge is 0.300 e. The molecule has 2 aliphatic rings. The van der Waals surface area contributed by atoms with Crippen molar-refractivity contribution in [3.05, 3.63) is 0 Å². The van der Waals surface area contributed by atoms with Crippen molar-refractivity contribution in [2.45, 2.75) is 44.7 Å². The predicted molar refractivity (Wildman–Crippen MR) is 43.4 cm³/mol. The SMILES string of the molecule is C[C@H]1CC(=O)C[C@H]2CCCN21. The first-order chi connectivity index (χ1) is 5.27. The Labute approximate surface area is 67.6 Å². The first-order valence-corrected chi connectivity index (χ1v) is 4.55. The van der Waals surface area contributed by atoms with Crippen LogP contribution in [0.4, 0.5) is 0 Å². The molecule has 0 aromatic heterocycles. The molecule has 0 aromatic rings. The Morgan fingerprint density at radius 2 is 2.27 bits per heavy atom. The van der Waals surface area contributed by atoms with E-state index in [9.17, 15) is 4.79 Å². The molecule has 2 nitrogen and oxygen atoms in total. The summed E-state index contributed by atoms with van der Waals surface area (Å²) in [5, 5.41) is 0. The van der Waals surface area contributed by atoms with Gasteiger partial charge in [0.05, 0.1) is 0 Å². The van der Waals surface area contributed by atoms with Gasteiger partial charge in [-0.2, -0.15) is 0 Å². The Balaban J connectivity index is 2.10. The third kappa shape index (κ3) is 1.20. The van der Waals surface area contributed by atoms with Crippen molar-refractivity contribution >= 4 is 5.78 Å². The van der Waals surface area contributed by atoms with E-state index in [1.54, 1.807) is 0 Å². The highest BCUT2D eigenvalue weighted by Crippen LogP contribution is 2.28. The Morgan fingerprint density at radius 1 is 1.45 bits per heavy atom. The van der Waals surface area contributed by atoms with E-state index >= 15 is 0 Å². The van der Waals surface area contributed by atoms with E-state index in [4.69, 9.17) is 0 Å². The molecule has 0 saturated carbocycles. The van der Waals surface area contributed by atoms with Crippen LogP contribution >= 0.6 is 0 Å². The maximum absolute atomic E-state index is 11.2. The summed E-state index contributed by atoms with van der Waals surface area (Å²) in [4.78, 5) is 13.7. The van der Waals surface area contributed by atoms with Crippen LogP contribution in [0.15, 0.2) is 0 Å². The van der Waals surface area contributed by atoms with Crippen molar-refractivity contribution in [3.8, 4) is 0 Å². The highest BCUT2D eigenvalue weighted by molar-refractivity contribution is 5.80. The summed E-state index contributed by atoms with van der Waals surface area (Å²) in [5.41, 5.74) is 0. The molecule has 2 saturated heterocycles. The molecule has 0 N–H and O–H groups in total. The van der Waals surface area contributed by atoms with Crippen LogP contribution in [0.2, 0.25) is 0 Å². The number of hydrogen-bond acceptors (Lipinski definition) is 2. The number of carbonyl (C=O) groups is 1. The lowest BCUT2D eigenvalue weighted by molar-refractivity contribution is -0.124. The van der Waals surface area contributed by atoms with E-state index in [1.807, 2.05) is 0 Å². The van der Waals surface area contributed by atoms with Crippen molar-refractivity contribution < 1.29 is 4.79 Å². The van der Waals surface area contributed by atoms with Crippen molar-refractivity contribution in [2.24, 2.45) is 0 Å². The second-order valence-corrected chi connectivity index (χ2v) is 3.83. The molecule has 11 heavy (non-hydrogen) atoms. The topological polar surface area (TPSA) is 20.3 Å². The van der Waals surface area contributed by atoms with Gasteiger partial charge in [-0.05, 0) is 26.3 Å². The maximum Gasteiger partial charge on any atom is 0.136 e. The first kappa shape index (κ1) is 7.29. The third-order valence-corrected chi connectivity index (χ3v) is 2.98. The number of ketones is 1. The molecule has 2 rings (SSSR count). The van der Waals surface area contributed by atoms with E-state index in [2.05, 4.69) is 11.8 Å². The average Bonchev–Trinajstić information content (AvgIpc) is 2.34. The maximum atomic E-state index is 11.2. The van der Waals surface area contributed by atoms with Crippen LogP contribution in [0.1, 0.15) is 32.6 Å². The van der Waals surface area contributed by atoms with E-state index in [0.29, 0.717) is 17.9 Å². The van der Waals surface area contributed by atoms with Crippen molar-refractivity contribution in [1.82, 2.24) is 4.90 Å². The van der Waals surface area contributed by atoms with Gasteiger partial charge < -0.3 is 0 Å². The monoisotopic (exact) mass is 153 g/mol. The molecule has 0 aliphatic carbocycles. The second kappa shape index (κ2) is 2.59. The number of carbonyl (C=O) groups excluding carboxylic acids is 1. The average molecular weight is 153 g/mol. The second-order valence-electron chi connectivity index (χ2n) is 3.83. The molecule has 2 heterocycles. The zero-order chi connectivity index (χ0) is 7.84. The fraction of sp³-hybridized carbons (Fsp3) is 0.889. The van der Waals surface area contributed by atoms with Gasteiger partial charge >= 0.3 is 0 Å². The third-order valence-electron chi connectivity index (χ3n) is 2.98. The summed E-state index contributed by atoms with van der Waals surface area (Å²) >= 11 is 0. The summed E-state index contributed by atoms with van der Waals surface area (Å²) in [6.45, 7) is 3.40. The summed E-state index contributed by atoms with van der Waals surface area (Å²) in [7, 11) is 0. The van der Waals surface area contributed by atoms with Crippen LogP contribution in [0.5, 0.6) is 0 Å². The van der Waals surface area contributed by atoms with E-state index in [-0.39, 0.29) is 0 Å². The molecule has 62 valence electrons. The lowest BCUT2D eigenvalue weighted by Gasteiger charge is -2.34. The molecule has 2 atom stereocenters. The molecular formula is C9H15NO. The molecule has 0 amide bonds. The summed E-state index contributed by atoms with van der Waals surface area (Å²) < 4.78 is 0. The molecule has 2 fully saturated rings. The van der Waals surface area contributed by atoms with Crippen molar-refractivity contribution in [3.63, 3.8) is 0 Å². The standard InChI is InChI=1S/C9H15NO/c1-7-5-9(11)6-8-3-2-4-10(7)8/h7-8H,2-6H2,1H3/t7-,8+/m0/s1. The molecule has 2 aliphatic heterocycles. The smallest absolute Gasteiger partial charge is 0.136 e. The lowest BCUT2D eigenvalue weighted by Crippen LogP contribution is -2.44. The van der Waals surface area contributed by atoms with Crippen LogP contribution in [0.3, 0.4) is 0 Å². The summed E-state index contributed by atoms with van der Waals surface area (Å²) in [6.07, 6.45) is 4.15. The van der Waals surface area contributed by atoms with Gasteiger partial charge in [-0.15, -0.1) is 0 Å². The molecule has 0 aromatic carbocycles. The van der Waals surface area contributed by atoms with Crippen LogP contribution in [0.25, 0.3) is 0 Å². The quantitative estimate of drug-likeness (QED) is 0.521. The van der Waals surface area contributed by atoms with Gasteiger partial charge in [0.15, 0.2) is 0 Å². The van der Waals surface area contributed by atoms with Gasteiger partial charge in [0.2, 0.25) is 0 Å². The Kier molecular flexibility index (Phi) is 1.72. The number of hydrogen-bond donors (Lipinski definition) is 0.